The number of aryl methyl sites for hydroxylation is 1. The first-order valence-electron chi connectivity index (χ1n) is 8.57. The molecular formula is C19H17N3O5S. The quantitative estimate of drug-likeness (QED) is 0.472. The van der Waals surface area contributed by atoms with Crippen LogP contribution in [0.3, 0.4) is 0 Å². The van der Waals surface area contributed by atoms with Crippen molar-refractivity contribution in [3.05, 3.63) is 74.5 Å². The maximum atomic E-state index is 12.5. The van der Waals surface area contributed by atoms with E-state index in [0.717, 1.165) is 16.5 Å². The van der Waals surface area contributed by atoms with Crippen LogP contribution in [0.25, 0.3) is 22.0 Å². The van der Waals surface area contributed by atoms with Gasteiger partial charge in [-0.25, -0.2) is 17.9 Å². The van der Waals surface area contributed by atoms with Crippen LogP contribution in [0.2, 0.25) is 0 Å². The van der Waals surface area contributed by atoms with Gasteiger partial charge >= 0.3 is 5.76 Å². The Morgan fingerprint density at radius 2 is 1.82 bits per heavy atom. The van der Waals surface area contributed by atoms with E-state index in [4.69, 9.17) is 4.42 Å². The number of hydrogen-bond acceptors (Lipinski definition) is 5. The van der Waals surface area contributed by atoms with Crippen LogP contribution in [-0.2, 0) is 16.4 Å². The Kier molecular flexibility index (Phi) is 4.40. The molecule has 0 bridgehead atoms. The molecular weight excluding hydrogens is 382 g/mol. The van der Waals surface area contributed by atoms with Gasteiger partial charge in [0.2, 0.25) is 10.0 Å². The zero-order valence-corrected chi connectivity index (χ0v) is 15.7. The Morgan fingerprint density at radius 3 is 2.64 bits per heavy atom. The lowest BCUT2D eigenvalue weighted by atomic mass is 10.1. The molecule has 2 aromatic carbocycles. The van der Waals surface area contributed by atoms with Crippen molar-refractivity contribution in [2.24, 2.45) is 0 Å². The lowest BCUT2D eigenvalue weighted by Gasteiger charge is -2.07. The highest BCUT2D eigenvalue weighted by Gasteiger charge is 2.16. The van der Waals surface area contributed by atoms with E-state index in [1.165, 1.54) is 18.2 Å². The first kappa shape index (κ1) is 18.2. The van der Waals surface area contributed by atoms with Gasteiger partial charge in [-0.05, 0) is 48.6 Å². The smallest absolute Gasteiger partial charge is 0.408 e. The van der Waals surface area contributed by atoms with Crippen molar-refractivity contribution >= 4 is 32.0 Å². The van der Waals surface area contributed by atoms with Crippen LogP contribution in [0.1, 0.15) is 11.1 Å². The van der Waals surface area contributed by atoms with Gasteiger partial charge in [0.05, 0.1) is 10.4 Å². The molecule has 0 saturated heterocycles. The third-order valence-corrected chi connectivity index (χ3v) is 5.93. The first-order chi connectivity index (χ1) is 13.3. The number of H-pyrrole nitrogens is 2. The molecule has 0 aliphatic rings. The van der Waals surface area contributed by atoms with Gasteiger partial charge in [-0.1, -0.05) is 12.1 Å². The SMILES string of the molecule is Cc1ccc2cc(CCNS(=O)(=O)c3ccc4[nH]c(=O)oc4c3)c(=O)[nH]c2c1. The van der Waals surface area contributed by atoms with Gasteiger partial charge in [0.1, 0.15) is 0 Å². The number of hydrogen-bond donors (Lipinski definition) is 3. The summed E-state index contributed by atoms with van der Waals surface area (Å²) >= 11 is 0. The minimum absolute atomic E-state index is 0.0225. The number of aromatic amines is 2. The maximum Gasteiger partial charge on any atom is 0.417 e. The van der Waals surface area contributed by atoms with Crippen molar-refractivity contribution in [3.8, 4) is 0 Å². The number of nitrogens with one attached hydrogen (secondary N) is 3. The monoisotopic (exact) mass is 399 g/mol. The first-order valence-corrected chi connectivity index (χ1v) is 10.1. The highest BCUT2D eigenvalue weighted by molar-refractivity contribution is 7.89. The Balaban J connectivity index is 1.52. The van der Waals surface area contributed by atoms with Crippen molar-refractivity contribution < 1.29 is 12.8 Å². The predicted octanol–water partition coefficient (Wildman–Crippen LogP) is 1.79. The summed E-state index contributed by atoms with van der Waals surface area (Å²) in [6, 6.07) is 11.6. The molecule has 2 aromatic heterocycles. The zero-order valence-electron chi connectivity index (χ0n) is 14.9. The molecule has 3 N–H and O–H groups in total. The number of aromatic nitrogens is 2. The number of rotatable bonds is 5. The molecule has 0 aliphatic carbocycles. The minimum Gasteiger partial charge on any atom is -0.408 e. The largest absolute Gasteiger partial charge is 0.417 e. The highest BCUT2D eigenvalue weighted by Crippen LogP contribution is 2.17. The van der Waals surface area contributed by atoms with E-state index in [1.54, 1.807) is 6.07 Å². The van der Waals surface area contributed by atoms with E-state index in [1.807, 2.05) is 25.1 Å². The topological polar surface area (TPSA) is 125 Å². The van der Waals surface area contributed by atoms with Crippen LogP contribution >= 0.6 is 0 Å². The number of benzene rings is 2. The lowest BCUT2D eigenvalue weighted by Crippen LogP contribution is -2.27. The average Bonchev–Trinajstić information content (AvgIpc) is 3.01. The van der Waals surface area contributed by atoms with Crippen LogP contribution in [-0.4, -0.2) is 24.9 Å². The van der Waals surface area contributed by atoms with Gasteiger partial charge in [0.25, 0.3) is 5.56 Å². The standard InChI is InChI=1S/C19H17N3O5S/c1-11-2-3-12-9-13(18(23)21-16(12)8-11)6-7-20-28(25,26)14-4-5-15-17(10-14)27-19(24)22-15/h2-5,8-10,20H,6-7H2,1H3,(H,21,23)(H,22,24). The molecule has 0 spiro atoms. The summed E-state index contributed by atoms with van der Waals surface area (Å²) in [7, 11) is -3.81. The zero-order chi connectivity index (χ0) is 19.9. The van der Waals surface area contributed by atoms with Crippen molar-refractivity contribution in [2.45, 2.75) is 18.2 Å². The summed E-state index contributed by atoms with van der Waals surface area (Å²) in [5.74, 6) is -0.650. The fourth-order valence-electron chi connectivity index (χ4n) is 3.04. The number of sulfonamides is 1. The summed E-state index contributed by atoms with van der Waals surface area (Å²) in [6.45, 7) is 1.99. The molecule has 4 rings (SSSR count). The van der Waals surface area contributed by atoms with E-state index in [0.29, 0.717) is 11.1 Å². The van der Waals surface area contributed by atoms with E-state index >= 15 is 0 Å². The number of oxazole rings is 1. The Bertz CT molecular complexity index is 1410. The van der Waals surface area contributed by atoms with Crippen LogP contribution in [0.5, 0.6) is 0 Å². The summed E-state index contributed by atoms with van der Waals surface area (Å²) in [5.41, 5.74) is 2.62. The van der Waals surface area contributed by atoms with Crippen molar-refractivity contribution in [3.63, 3.8) is 0 Å². The second-order valence-electron chi connectivity index (χ2n) is 6.53. The Hall–Kier alpha value is -3.17. The molecule has 0 radical (unpaired) electrons. The maximum absolute atomic E-state index is 12.5. The minimum atomic E-state index is -3.81. The van der Waals surface area contributed by atoms with Crippen LogP contribution in [0.4, 0.5) is 0 Å². The Labute approximate surface area is 159 Å². The summed E-state index contributed by atoms with van der Waals surface area (Å²) in [4.78, 5) is 28.7. The van der Waals surface area contributed by atoms with E-state index in [-0.39, 0.29) is 29.0 Å². The summed E-state index contributed by atoms with van der Waals surface area (Å²) in [6.07, 6.45) is 0.236. The molecule has 9 heteroatoms. The second-order valence-corrected chi connectivity index (χ2v) is 8.30. The molecule has 2 heterocycles. The second kappa shape index (κ2) is 6.77. The molecule has 0 aliphatic heterocycles. The van der Waals surface area contributed by atoms with Gasteiger partial charge in [-0.15, -0.1) is 0 Å². The summed E-state index contributed by atoms with van der Waals surface area (Å²) < 4.78 is 32.3. The molecule has 0 amide bonds. The predicted molar refractivity (Wildman–Crippen MR) is 105 cm³/mol. The molecule has 144 valence electrons. The van der Waals surface area contributed by atoms with Gasteiger partial charge in [-0.3, -0.25) is 9.78 Å². The summed E-state index contributed by atoms with van der Waals surface area (Å²) in [5, 5.41) is 0.885. The molecule has 0 atom stereocenters. The normalized spacial score (nSPS) is 12.0. The van der Waals surface area contributed by atoms with Crippen LogP contribution in [0.15, 0.2) is 61.4 Å². The lowest BCUT2D eigenvalue weighted by molar-refractivity contribution is 0.553. The van der Waals surface area contributed by atoms with Gasteiger partial charge in [0, 0.05) is 23.7 Å². The van der Waals surface area contributed by atoms with E-state index in [9.17, 15) is 18.0 Å². The Morgan fingerprint density at radius 1 is 1.00 bits per heavy atom. The molecule has 0 fully saturated rings. The van der Waals surface area contributed by atoms with Gasteiger partial charge < -0.3 is 9.40 Å². The third-order valence-electron chi connectivity index (χ3n) is 4.47. The van der Waals surface area contributed by atoms with Gasteiger partial charge in [-0.2, -0.15) is 0 Å². The van der Waals surface area contributed by atoms with Crippen molar-refractivity contribution in [2.75, 3.05) is 6.54 Å². The fourth-order valence-corrected chi connectivity index (χ4v) is 4.09. The molecule has 0 unspecified atom stereocenters. The molecule has 8 nitrogen and oxygen atoms in total. The van der Waals surface area contributed by atoms with Gasteiger partial charge in [0.15, 0.2) is 5.58 Å². The van der Waals surface area contributed by atoms with Crippen molar-refractivity contribution in [1.82, 2.24) is 14.7 Å². The third kappa shape index (κ3) is 3.49. The van der Waals surface area contributed by atoms with Crippen LogP contribution in [0, 0.1) is 6.92 Å². The number of pyridine rings is 1. The van der Waals surface area contributed by atoms with Crippen molar-refractivity contribution in [1.29, 1.82) is 0 Å². The fraction of sp³-hybridized carbons (Fsp3) is 0.158. The highest BCUT2D eigenvalue weighted by atomic mass is 32.2. The average molecular weight is 399 g/mol. The molecule has 28 heavy (non-hydrogen) atoms. The molecule has 0 saturated carbocycles. The van der Waals surface area contributed by atoms with Crippen LogP contribution < -0.4 is 16.0 Å². The van der Waals surface area contributed by atoms with E-state index < -0.39 is 15.8 Å². The van der Waals surface area contributed by atoms with E-state index in [2.05, 4.69) is 14.7 Å². The molecule has 4 aromatic rings. The number of fused-ring (bicyclic) bond motifs is 2.